The van der Waals surface area contributed by atoms with Crippen LogP contribution in [0.15, 0.2) is 47.0 Å². The number of nitrogens with zero attached hydrogens (tertiary/aromatic N) is 2. The summed E-state index contributed by atoms with van der Waals surface area (Å²) in [4.78, 5) is 30.6. The summed E-state index contributed by atoms with van der Waals surface area (Å²) in [6.07, 6.45) is 0. The van der Waals surface area contributed by atoms with Crippen molar-refractivity contribution in [2.75, 3.05) is 46.6 Å². The van der Waals surface area contributed by atoms with E-state index < -0.39 is 12.0 Å². The number of carbonyl (C=O) groups excluding carboxylic acids is 2. The van der Waals surface area contributed by atoms with E-state index in [2.05, 4.69) is 26.5 Å². The fourth-order valence-electron chi connectivity index (χ4n) is 4.39. The number of ether oxygens (including phenoxy) is 3. The van der Waals surface area contributed by atoms with Gasteiger partial charge in [0.25, 0.3) is 0 Å². The number of amides is 2. The quantitative estimate of drug-likeness (QED) is 0.625. The lowest BCUT2D eigenvalue weighted by Gasteiger charge is -2.36. The molecule has 1 fully saturated rings. The van der Waals surface area contributed by atoms with Crippen LogP contribution in [0.2, 0.25) is 0 Å². The van der Waals surface area contributed by atoms with Gasteiger partial charge < -0.3 is 24.8 Å². The van der Waals surface area contributed by atoms with Gasteiger partial charge in [0.05, 0.1) is 18.7 Å². The number of esters is 1. The molecule has 2 aromatic rings. The molecule has 174 valence electrons. The minimum atomic E-state index is -0.506. The van der Waals surface area contributed by atoms with Gasteiger partial charge in [0.1, 0.15) is 0 Å². The first-order valence-electron chi connectivity index (χ1n) is 10.9. The third kappa shape index (κ3) is 4.68. The van der Waals surface area contributed by atoms with Crippen LogP contribution in [-0.2, 0) is 16.1 Å². The fourth-order valence-corrected chi connectivity index (χ4v) is 5.17. The van der Waals surface area contributed by atoms with Gasteiger partial charge in [-0.25, -0.2) is 9.59 Å². The highest BCUT2D eigenvalue weighted by molar-refractivity contribution is 7.10. The van der Waals surface area contributed by atoms with Gasteiger partial charge in [0, 0.05) is 49.8 Å². The second-order valence-corrected chi connectivity index (χ2v) is 9.15. The van der Waals surface area contributed by atoms with Gasteiger partial charge in [-0.15, -0.1) is 11.3 Å². The predicted molar refractivity (Wildman–Crippen MR) is 122 cm³/mol. The largest absolute Gasteiger partial charge is 0.466 e. The monoisotopic (exact) mass is 470 g/mol. The van der Waals surface area contributed by atoms with Gasteiger partial charge in [-0.2, -0.15) is 0 Å². The summed E-state index contributed by atoms with van der Waals surface area (Å²) in [6.45, 7) is 5.02. The molecule has 9 nitrogen and oxygen atoms in total. The molecule has 10 heteroatoms. The zero-order valence-corrected chi connectivity index (χ0v) is 19.2. The van der Waals surface area contributed by atoms with Crippen molar-refractivity contribution in [3.8, 4) is 11.5 Å². The van der Waals surface area contributed by atoms with Crippen molar-refractivity contribution in [2.45, 2.75) is 12.6 Å². The van der Waals surface area contributed by atoms with E-state index in [1.165, 1.54) is 24.0 Å². The van der Waals surface area contributed by atoms with E-state index in [1.807, 2.05) is 29.6 Å². The lowest BCUT2D eigenvalue weighted by molar-refractivity contribution is -0.136. The second-order valence-electron chi connectivity index (χ2n) is 8.17. The number of piperazine rings is 1. The van der Waals surface area contributed by atoms with Crippen LogP contribution in [0.4, 0.5) is 4.79 Å². The van der Waals surface area contributed by atoms with Gasteiger partial charge >= 0.3 is 12.0 Å². The second kappa shape index (κ2) is 9.42. The van der Waals surface area contributed by atoms with Gasteiger partial charge in [-0.05, 0) is 29.1 Å². The van der Waals surface area contributed by atoms with E-state index in [4.69, 9.17) is 14.2 Å². The Kier molecular flexibility index (Phi) is 6.21. The molecule has 5 rings (SSSR count). The summed E-state index contributed by atoms with van der Waals surface area (Å²) in [6, 6.07) is 9.07. The van der Waals surface area contributed by atoms with Crippen LogP contribution in [0.25, 0.3) is 0 Å². The molecule has 1 aromatic heterocycles. The molecule has 33 heavy (non-hydrogen) atoms. The first-order chi connectivity index (χ1) is 16.1. The molecular weight excluding hydrogens is 444 g/mol. The first-order valence-corrected chi connectivity index (χ1v) is 11.7. The Hall–Kier alpha value is -3.08. The number of methoxy groups -OCH3 is 1. The average Bonchev–Trinajstić information content (AvgIpc) is 3.51. The maximum absolute atomic E-state index is 12.7. The van der Waals surface area contributed by atoms with E-state index in [9.17, 15) is 9.59 Å². The number of fused-ring (bicyclic) bond motifs is 1. The summed E-state index contributed by atoms with van der Waals surface area (Å²) < 4.78 is 15.9. The van der Waals surface area contributed by atoms with Crippen molar-refractivity contribution in [1.82, 2.24) is 20.4 Å². The van der Waals surface area contributed by atoms with Crippen LogP contribution in [0.3, 0.4) is 0 Å². The van der Waals surface area contributed by atoms with E-state index in [-0.39, 0.29) is 12.8 Å². The fraction of sp³-hybridized carbons (Fsp3) is 0.391. The summed E-state index contributed by atoms with van der Waals surface area (Å²) in [5.74, 6) is 1.16. The van der Waals surface area contributed by atoms with Crippen molar-refractivity contribution in [3.63, 3.8) is 0 Å². The lowest BCUT2D eigenvalue weighted by Crippen LogP contribution is -2.51. The van der Waals surface area contributed by atoms with Gasteiger partial charge in [0.2, 0.25) is 6.79 Å². The number of hydrogen-bond acceptors (Lipinski definition) is 8. The van der Waals surface area contributed by atoms with Crippen molar-refractivity contribution < 1.29 is 23.8 Å². The van der Waals surface area contributed by atoms with Crippen LogP contribution in [0, 0.1) is 0 Å². The molecule has 0 radical (unpaired) electrons. The van der Waals surface area contributed by atoms with E-state index >= 15 is 0 Å². The first kappa shape index (κ1) is 21.7. The molecule has 0 bridgehead atoms. The van der Waals surface area contributed by atoms with E-state index in [0.717, 1.165) is 49.1 Å². The molecule has 1 saturated heterocycles. The van der Waals surface area contributed by atoms with Crippen molar-refractivity contribution in [1.29, 1.82) is 0 Å². The van der Waals surface area contributed by atoms with E-state index in [1.54, 1.807) is 0 Å². The standard InChI is InChI=1S/C23H26N4O5S/c1-30-22(28)20-16(24-23(29)25-21(20)19-3-2-10-33-19)13-27-8-6-26(7-9-27)12-15-4-5-17-18(11-15)32-14-31-17/h2-5,10-11,21H,6-9,12-14H2,1H3,(H2,24,25,29). The van der Waals surface area contributed by atoms with Crippen molar-refractivity contribution in [2.24, 2.45) is 0 Å². The Morgan fingerprint density at radius 1 is 1.12 bits per heavy atom. The van der Waals surface area contributed by atoms with Crippen LogP contribution < -0.4 is 20.1 Å². The Morgan fingerprint density at radius 2 is 1.88 bits per heavy atom. The Balaban J connectivity index is 1.25. The smallest absolute Gasteiger partial charge is 0.338 e. The third-order valence-corrected chi connectivity index (χ3v) is 7.01. The summed E-state index contributed by atoms with van der Waals surface area (Å²) in [7, 11) is 1.36. The van der Waals surface area contributed by atoms with E-state index in [0.29, 0.717) is 17.8 Å². The number of benzene rings is 1. The normalized spacial score (nSPS) is 21.0. The highest BCUT2D eigenvalue weighted by atomic mass is 32.1. The zero-order chi connectivity index (χ0) is 22.8. The number of rotatable bonds is 6. The summed E-state index contributed by atoms with van der Waals surface area (Å²) in [5, 5.41) is 7.64. The molecule has 3 aliphatic heterocycles. The van der Waals surface area contributed by atoms with Crippen molar-refractivity contribution >= 4 is 23.3 Å². The molecule has 2 N–H and O–H groups in total. The zero-order valence-electron chi connectivity index (χ0n) is 18.3. The molecule has 1 aromatic carbocycles. The Bertz CT molecular complexity index is 1060. The summed E-state index contributed by atoms with van der Waals surface area (Å²) >= 11 is 1.50. The minimum Gasteiger partial charge on any atom is -0.466 e. The maximum atomic E-state index is 12.7. The average molecular weight is 471 g/mol. The van der Waals surface area contributed by atoms with Crippen LogP contribution in [0.1, 0.15) is 16.5 Å². The molecule has 4 heterocycles. The van der Waals surface area contributed by atoms with Gasteiger partial charge in [0.15, 0.2) is 11.5 Å². The lowest BCUT2D eigenvalue weighted by atomic mass is 10.0. The predicted octanol–water partition coefficient (Wildman–Crippen LogP) is 2.08. The maximum Gasteiger partial charge on any atom is 0.338 e. The van der Waals surface area contributed by atoms with Crippen LogP contribution >= 0.6 is 11.3 Å². The number of hydrogen-bond donors (Lipinski definition) is 2. The SMILES string of the molecule is COC(=O)C1=C(CN2CCN(Cc3ccc4c(c3)OCO4)CC2)NC(=O)NC1c1cccs1. The molecule has 0 saturated carbocycles. The third-order valence-electron chi connectivity index (χ3n) is 6.08. The molecule has 0 spiro atoms. The Labute approximate surface area is 195 Å². The summed E-state index contributed by atoms with van der Waals surface area (Å²) in [5.41, 5.74) is 2.25. The minimum absolute atomic E-state index is 0.278. The number of urea groups is 1. The van der Waals surface area contributed by atoms with Crippen LogP contribution in [-0.4, -0.2) is 68.4 Å². The topological polar surface area (TPSA) is 92.4 Å². The van der Waals surface area contributed by atoms with Crippen LogP contribution in [0.5, 0.6) is 11.5 Å². The number of carbonyl (C=O) groups is 2. The number of thiophene rings is 1. The highest BCUT2D eigenvalue weighted by Crippen LogP contribution is 2.33. The molecular formula is C23H26N4O5S. The van der Waals surface area contributed by atoms with Gasteiger partial charge in [-0.3, -0.25) is 9.80 Å². The molecule has 3 aliphatic rings. The highest BCUT2D eigenvalue weighted by Gasteiger charge is 2.35. The molecule has 1 unspecified atom stereocenters. The molecule has 0 aliphatic carbocycles. The molecule has 1 atom stereocenters. The van der Waals surface area contributed by atoms with Crippen molar-refractivity contribution in [3.05, 3.63) is 57.4 Å². The van der Waals surface area contributed by atoms with Gasteiger partial charge in [-0.1, -0.05) is 12.1 Å². The number of nitrogens with one attached hydrogen (secondary N) is 2. The Morgan fingerprint density at radius 3 is 2.61 bits per heavy atom. The molecule has 2 amide bonds.